The molecule has 0 spiro atoms. The Bertz CT molecular complexity index is 279. The number of carbonyl (C=O) groups is 1. The highest BCUT2D eigenvalue weighted by Crippen LogP contribution is 2.15. The molecule has 0 saturated carbocycles. The van der Waals surface area contributed by atoms with Crippen LogP contribution in [0.4, 0.5) is 0 Å². The van der Waals surface area contributed by atoms with E-state index in [4.69, 9.17) is 9.47 Å². The fraction of sp³-hybridized carbons (Fsp3) is 0.583. The number of hydrogen-bond acceptors (Lipinski definition) is 3. The highest BCUT2D eigenvalue weighted by molar-refractivity contribution is 5.75. The summed E-state index contributed by atoms with van der Waals surface area (Å²) in [7, 11) is 0. The molecule has 2 aliphatic heterocycles. The van der Waals surface area contributed by atoms with Gasteiger partial charge in [-0.15, -0.1) is 0 Å². The molecule has 4 heteroatoms. The number of epoxide rings is 2. The molecule has 2 aliphatic rings. The maximum Gasteiger partial charge on any atom is 0.227 e. The zero-order valence-electron chi connectivity index (χ0n) is 9.46. The molecule has 16 heavy (non-hydrogen) atoms. The van der Waals surface area contributed by atoms with Gasteiger partial charge in [0, 0.05) is 19.3 Å². The van der Waals surface area contributed by atoms with Gasteiger partial charge in [0.05, 0.1) is 25.4 Å². The van der Waals surface area contributed by atoms with Crippen LogP contribution in [0.3, 0.4) is 0 Å². The molecule has 88 valence electrons. The molecular formula is C12H17NO3. The Morgan fingerprint density at radius 2 is 1.62 bits per heavy atom. The monoisotopic (exact) mass is 223 g/mol. The molecule has 0 N–H and O–H groups in total. The largest absolute Gasteiger partial charge is 0.373 e. The number of nitrogens with zero attached hydrogens (tertiary/aromatic N) is 1. The van der Waals surface area contributed by atoms with Crippen molar-refractivity contribution < 1.29 is 14.3 Å². The summed E-state index contributed by atoms with van der Waals surface area (Å²) in [5, 5.41) is 0. The van der Waals surface area contributed by atoms with Crippen molar-refractivity contribution in [1.29, 1.82) is 0 Å². The average molecular weight is 223 g/mol. The summed E-state index contributed by atoms with van der Waals surface area (Å²) >= 11 is 0. The Labute approximate surface area is 95.5 Å². The predicted octanol–water partition coefficient (Wildman–Crippen LogP) is 1.44. The van der Waals surface area contributed by atoms with Crippen LogP contribution in [0.5, 0.6) is 0 Å². The van der Waals surface area contributed by atoms with E-state index < -0.39 is 0 Å². The number of ether oxygens (including phenoxy) is 2. The van der Waals surface area contributed by atoms with Crippen molar-refractivity contribution in [2.24, 2.45) is 0 Å². The van der Waals surface area contributed by atoms with Gasteiger partial charge in [0.15, 0.2) is 0 Å². The van der Waals surface area contributed by atoms with Crippen molar-refractivity contribution in [3.63, 3.8) is 0 Å². The summed E-state index contributed by atoms with van der Waals surface area (Å²) in [6.07, 6.45) is 10.0. The van der Waals surface area contributed by atoms with Crippen LogP contribution in [0, 0.1) is 0 Å². The van der Waals surface area contributed by atoms with Crippen molar-refractivity contribution in [3.05, 3.63) is 24.6 Å². The minimum Gasteiger partial charge on any atom is -0.373 e. The Kier molecular flexibility index (Phi) is 3.74. The van der Waals surface area contributed by atoms with E-state index in [0.29, 0.717) is 12.2 Å². The van der Waals surface area contributed by atoms with Crippen molar-refractivity contribution in [3.8, 4) is 0 Å². The maximum absolute atomic E-state index is 11.3. The van der Waals surface area contributed by atoms with Gasteiger partial charge in [-0.2, -0.15) is 0 Å². The lowest BCUT2D eigenvalue weighted by Gasteiger charge is -2.09. The summed E-state index contributed by atoms with van der Waals surface area (Å²) in [5.41, 5.74) is 0. The van der Waals surface area contributed by atoms with Gasteiger partial charge in [-0.25, -0.2) is 0 Å². The normalized spacial score (nSPS) is 27.6. The topological polar surface area (TPSA) is 45.4 Å². The first-order valence-electron chi connectivity index (χ1n) is 5.61. The van der Waals surface area contributed by atoms with Crippen LogP contribution in [0.15, 0.2) is 24.6 Å². The summed E-state index contributed by atoms with van der Waals surface area (Å²) in [6.45, 7) is 3.24. The molecule has 2 rings (SSSR count). The van der Waals surface area contributed by atoms with Crippen molar-refractivity contribution >= 4 is 5.91 Å². The van der Waals surface area contributed by atoms with Crippen molar-refractivity contribution in [1.82, 2.24) is 4.90 Å². The lowest BCUT2D eigenvalue weighted by atomic mass is 10.3. The minimum absolute atomic E-state index is 0.0148. The van der Waals surface area contributed by atoms with Crippen LogP contribution in [0.25, 0.3) is 0 Å². The molecule has 2 atom stereocenters. The third-order valence-corrected chi connectivity index (χ3v) is 2.50. The van der Waals surface area contributed by atoms with Gasteiger partial charge in [0.2, 0.25) is 5.91 Å². The molecule has 2 saturated heterocycles. The third-order valence-electron chi connectivity index (χ3n) is 2.50. The number of rotatable bonds is 6. The van der Waals surface area contributed by atoms with Crippen molar-refractivity contribution in [2.45, 2.75) is 32.0 Å². The van der Waals surface area contributed by atoms with Gasteiger partial charge >= 0.3 is 0 Å². The molecule has 0 aromatic rings. The van der Waals surface area contributed by atoms with Gasteiger partial charge in [-0.3, -0.25) is 9.69 Å². The quantitative estimate of drug-likeness (QED) is 0.640. The highest BCUT2D eigenvalue weighted by atomic mass is 16.6. The second-order valence-corrected chi connectivity index (χ2v) is 4.08. The first-order valence-corrected chi connectivity index (χ1v) is 5.61. The summed E-state index contributed by atoms with van der Waals surface area (Å²) in [4.78, 5) is 12.9. The first-order chi connectivity index (χ1) is 7.75. The van der Waals surface area contributed by atoms with Crippen molar-refractivity contribution in [2.75, 3.05) is 13.2 Å². The Balaban J connectivity index is 1.74. The molecule has 0 radical (unpaired) electrons. The van der Waals surface area contributed by atoms with Gasteiger partial charge in [0.1, 0.15) is 0 Å². The van der Waals surface area contributed by atoms with E-state index in [2.05, 4.69) is 0 Å². The zero-order chi connectivity index (χ0) is 11.4. The molecule has 1 amide bonds. The van der Waals surface area contributed by atoms with E-state index in [1.807, 2.05) is 12.2 Å². The first kappa shape index (κ1) is 11.4. The second-order valence-electron chi connectivity index (χ2n) is 4.08. The summed E-state index contributed by atoms with van der Waals surface area (Å²) in [5.74, 6) is 0.0148. The lowest BCUT2D eigenvalue weighted by Crippen LogP contribution is -2.15. The van der Waals surface area contributed by atoms with E-state index in [-0.39, 0.29) is 5.91 Å². The minimum atomic E-state index is 0.0148. The Morgan fingerprint density at radius 1 is 1.19 bits per heavy atom. The second kappa shape index (κ2) is 5.27. The van der Waals surface area contributed by atoms with Crippen LogP contribution >= 0.6 is 0 Å². The molecule has 0 bridgehead atoms. The highest BCUT2D eigenvalue weighted by Gasteiger charge is 2.21. The number of amides is 1. The number of hydrogen-bond donors (Lipinski definition) is 0. The maximum atomic E-state index is 11.3. The molecule has 0 aliphatic carbocycles. The van der Waals surface area contributed by atoms with Crippen LogP contribution in [-0.2, 0) is 14.3 Å². The molecule has 2 heterocycles. The van der Waals surface area contributed by atoms with Gasteiger partial charge in [-0.1, -0.05) is 12.2 Å². The van der Waals surface area contributed by atoms with E-state index in [9.17, 15) is 4.79 Å². The lowest BCUT2D eigenvalue weighted by molar-refractivity contribution is -0.124. The van der Waals surface area contributed by atoms with E-state index in [0.717, 1.165) is 26.1 Å². The predicted molar refractivity (Wildman–Crippen MR) is 59.5 cm³/mol. The molecule has 2 unspecified atom stereocenters. The third kappa shape index (κ3) is 4.16. The fourth-order valence-electron chi connectivity index (χ4n) is 1.32. The molecule has 0 aromatic carbocycles. The zero-order valence-corrected chi connectivity index (χ0v) is 9.46. The fourth-order valence-corrected chi connectivity index (χ4v) is 1.32. The van der Waals surface area contributed by atoms with Crippen LogP contribution < -0.4 is 0 Å². The van der Waals surface area contributed by atoms with Gasteiger partial charge in [-0.05, 0) is 12.8 Å². The van der Waals surface area contributed by atoms with Crippen LogP contribution in [0.2, 0.25) is 0 Å². The van der Waals surface area contributed by atoms with Gasteiger partial charge in [0.25, 0.3) is 0 Å². The average Bonchev–Trinajstić information content (AvgIpc) is 3.10. The number of carbonyl (C=O) groups excluding carboxylic acids is 1. The molecule has 0 aromatic heterocycles. The molecule has 2 fully saturated rings. The Morgan fingerprint density at radius 3 is 1.94 bits per heavy atom. The molecule has 4 nitrogen and oxygen atoms in total. The van der Waals surface area contributed by atoms with E-state index >= 15 is 0 Å². The van der Waals surface area contributed by atoms with E-state index in [1.165, 1.54) is 0 Å². The van der Waals surface area contributed by atoms with Crippen LogP contribution in [0.1, 0.15) is 19.8 Å². The standard InChI is InChI=1S/C12H17NO3/c1-10(14)13(6-2-4-11-8-15-11)7-3-5-12-9-16-12/h2-3,6-7,11-12H,4-5,8-9H2,1H3. The molecular weight excluding hydrogens is 206 g/mol. The smallest absolute Gasteiger partial charge is 0.227 e. The van der Waals surface area contributed by atoms with Gasteiger partial charge < -0.3 is 9.47 Å². The van der Waals surface area contributed by atoms with Crippen LogP contribution in [-0.4, -0.2) is 36.2 Å². The SMILES string of the molecule is CC(=O)N(C=CCC1CO1)C=CCC1CO1. The van der Waals surface area contributed by atoms with E-state index in [1.54, 1.807) is 24.2 Å². The summed E-state index contributed by atoms with van der Waals surface area (Å²) in [6, 6.07) is 0. The summed E-state index contributed by atoms with van der Waals surface area (Å²) < 4.78 is 10.2. The Hall–Kier alpha value is -1.13.